The van der Waals surface area contributed by atoms with Gasteiger partial charge in [-0.15, -0.1) is 0 Å². The van der Waals surface area contributed by atoms with Crippen molar-refractivity contribution in [3.05, 3.63) is 126 Å². The topological polar surface area (TPSA) is 106 Å². The van der Waals surface area contributed by atoms with Crippen LogP contribution < -0.4 is 15.0 Å². The number of fused-ring (bicyclic) bond motifs is 6. The van der Waals surface area contributed by atoms with E-state index < -0.39 is 35.2 Å². The fraction of sp³-hybridized carbons (Fsp3) is 0.147. The first-order valence-electron chi connectivity index (χ1n) is 13.7. The maximum absolute atomic E-state index is 14.7. The molecule has 1 amide bonds. The van der Waals surface area contributed by atoms with E-state index in [4.69, 9.17) is 4.74 Å². The Morgan fingerprint density at radius 3 is 2.38 bits per heavy atom. The second kappa shape index (κ2) is 9.62. The lowest BCUT2D eigenvalue weighted by molar-refractivity contribution is -0.131. The van der Waals surface area contributed by atoms with E-state index >= 15 is 0 Å². The van der Waals surface area contributed by atoms with Crippen molar-refractivity contribution in [1.29, 1.82) is 0 Å². The smallest absolute Gasteiger partial charge is 0.308 e. The van der Waals surface area contributed by atoms with Gasteiger partial charge in [0.25, 0.3) is 0 Å². The number of esters is 1. The number of carbonyl (C=O) groups excluding carboxylic acids is 4. The van der Waals surface area contributed by atoms with Crippen LogP contribution in [0.2, 0.25) is 0 Å². The molecule has 1 N–H and O–H groups in total. The first-order valence-corrected chi connectivity index (χ1v) is 13.7. The summed E-state index contributed by atoms with van der Waals surface area (Å²) in [5.41, 5.74) is 2.02. The number of hydrogen-bond acceptors (Lipinski definition) is 7. The Kier molecular flexibility index (Phi) is 5.86. The van der Waals surface area contributed by atoms with Crippen LogP contribution in [0.1, 0.15) is 38.9 Å². The number of ketones is 2. The molecular weight excluding hydrogens is 530 g/mol. The number of carbonyl (C=O) groups is 4. The third kappa shape index (κ3) is 3.65. The molecule has 3 aliphatic rings. The Bertz CT molecular complexity index is 1800. The molecule has 4 aromatic rings. The Balaban J connectivity index is 1.48. The second-order valence-corrected chi connectivity index (χ2v) is 10.6. The second-order valence-electron chi connectivity index (χ2n) is 10.6. The lowest BCUT2D eigenvalue weighted by atomic mass is 9.64. The standard InChI is InChI=1S/C34H25N3O5/c1-20(38)42-23-16-13-22(14-17-23)31(39)30-29(32(40)26-11-6-7-19-35-26)34(24-9-3-4-10-25(24)36-33(34)41)28-18-15-21-8-2-5-12-27(21)37(28)30/h2-19,28-30H,1H3,(H,36,41). The lowest BCUT2D eigenvalue weighted by Crippen LogP contribution is -2.51. The molecule has 0 aliphatic carbocycles. The number of benzene rings is 3. The number of para-hydroxylation sites is 2. The zero-order chi connectivity index (χ0) is 29.0. The first-order chi connectivity index (χ1) is 20.4. The molecule has 0 bridgehead atoms. The summed E-state index contributed by atoms with van der Waals surface area (Å²) in [4.78, 5) is 61.4. The van der Waals surface area contributed by atoms with E-state index in [1.807, 2.05) is 65.6 Å². The van der Waals surface area contributed by atoms with Crippen LogP contribution in [0, 0.1) is 5.92 Å². The van der Waals surface area contributed by atoms with Gasteiger partial charge >= 0.3 is 5.97 Å². The summed E-state index contributed by atoms with van der Waals surface area (Å²) in [5.74, 6) is -2.34. The molecule has 1 saturated heterocycles. The highest BCUT2D eigenvalue weighted by molar-refractivity contribution is 6.18. The number of Topliss-reactive ketones (excluding diaryl/α,β-unsaturated/α-hetero) is 2. The highest BCUT2D eigenvalue weighted by Crippen LogP contribution is 2.58. The molecule has 8 heteroatoms. The van der Waals surface area contributed by atoms with Crippen LogP contribution in [-0.2, 0) is 15.0 Å². The van der Waals surface area contributed by atoms with Crippen LogP contribution in [0.5, 0.6) is 5.75 Å². The zero-order valence-corrected chi connectivity index (χ0v) is 22.6. The van der Waals surface area contributed by atoms with Crippen LogP contribution >= 0.6 is 0 Å². The fourth-order valence-corrected chi connectivity index (χ4v) is 6.81. The van der Waals surface area contributed by atoms with Gasteiger partial charge < -0.3 is 15.0 Å². The summed E-state index contributed by atoms with van der Waals surface area (Å²) in [6.45, 7) is 1.30. The van der Waals surface area contributed by atoms with E-state index in [9.17, 15) is 19.2 Å². The van der Waals surface area contributed by atoms with Crippen molar-refractivity contribution in [2.45, 2.75) is 24.4 Å². The minimum absolute atomic E-state index is 0.180. The van der Waals surface area contributed by atoms with Crippen molar-refractivity contribution in [2.75, 3.05) is 10.2 Å². The average Bonchev–Trinajstić information content (AvgIpc) is 3.49. The highest BCUT2D eigenvalue weighted by Gasteiger charge is 2.70. The maximum atomic E-state index is 14.7. The van der Waals surface area contributed by atoms with Gasteiger partial charge in [0.2, 0.25) is 5.91 Å². The number of pyridine rings is 1. The molecule has 4 atom stereocenters. The van der Waals surface area contributed by atoms with Crippen LogP contribution in [0.15, 0.2) is 103 Å². The molecule has 3 aromatic carbocycles. The third-order valence-electron chi connectivity index (χ3n) is 8.41. The minimum Gasteiger partial charge on any atom is -0.427 e. The Hall–Kier alpha value is -5.37. The molecule has 4 unspecified atom stereocenters. The number of anilines is 2. The summed E-state index contributed by atoms with van der Waals surface area (Å²) >= 11 is 0. The molecule has 3 aliphatic heterocycles. The average molecular weight is 556 g/mol. The van der Waals surface area contributed by atoms with Crippen LogP contribution in [0.4, 0.5) is 11.4 Å². The van der Waals surface area contributed by atoms with Crippen molar-refractivity contribution < 1.29 is 23.9 Å². The van der Waals surface area contributed by atoms with E-state index in [2.05, 4.69) is 10.3 Å². The number of nitrogens with zero attached hydrogens (tertiary/aromatic N) is 2. The Morgan fingerprint density at radius 2 is 1.62 bits per heavy atom. The van der Waals surface area contributed by atoms with Crippen LogP contribution in [0.3, 0.4) is 0 Å². The molecule has 1 spiro atoms. The minimum atomic E-state index is -1.41. The fourth-order valence-electron chi connectivity index (χ4n) is 6.81. The quantitative estimate of drug-likeness (QED) is 0.213. The number of rotatable bonds is 5. The molecule has 8 nitrogen and oxygen atoms in total. The Morgan fingerprint density at radius 1 is 0.881 bits per heavy atom. The van der Waals surface area contributed by atoms with Crippen LogP contribution in [0.25, 0.3) is 6.08 Å². The summed E-state index contributed by atoms with van der Waals surface area (Å²) in [6, 6.07) is 24.6. The molecule has 42 heavy (non-hydrogen) atoms. The lowest BCUT2D eigenvalue weighted by Gasteiger charge is -2.37. The molecule has 206 valence electrons. The number of ether oxygens (including phenoxy) is 1. The van der Waals surface area contributed by atoms with Crippen molar-refractivity contribution in [2.24, 2.45) is 5.92 Å². The highest BCUT2D eigenvalue weighted by atomic mass is 16.5. The van der Waals surface area contributed by atoms with E-state index in [1.54, 1.807) is 42.5 Å². The molecular formula is C34H25N3O5. The molecule has 4 heterocycles. The van der Waals surface area contributed by atoms with E-state index in [0.29, 0.717) is 22.6 Å². The van der Waals surface area contributed by atoms with Crippen LogP contribution in [-0.4, -0.2) is 40.5 Å². The first kappa shape index (κ1) is 25.6. The number of amides is 1. The van der Waals surface area contributed by atoms with Gasteiger partial charge in [-0.3, -0.25) is 24.2 Å². The Labute approximate surface area is 241 Å². The van der Waals surface area contributed by atoms with Crippen molar-refractivity contribution in [3.63, 3.8) is 0 Å². The van der Waals surface area contributed by atoms with Gasteiger partial charge in [-0.05, 0) is 59.7 Å². The molecule has 1 aromatic heterocycles. The largest absolute Gasteiger partial charge is 0.427 e. The zero-order valence-electron chi connectivity index (χ0n) is 22.6. The normalized spacial score (nSPS) is 23.1. The van der Waals surface area contributed by atoms with Crippen molar-refractivity contribution in [3.8, 4) is 5.75 Å². The summed E-state index contributed by atoms with van der Waals surface area (Å²) in [6.07, 6.45) is 5.42. The van der Waals surface area contributed by atoms with Gasteiger partial charge in [0.05, 0.1) is 12.0 Å². The molecule has 0 radical (unpaired) electrons. The van der Waals surface area contributed by atoms with E-state index in [0.717, 1.165) is 11.3 Å². The van der Waals surface area contributed by atoms with Gasteiger partial charge in [0, 0.05) is 30.1 Å². The third-order valence-corrected chi connectivity index (χ3v) is 8.41. The summed E-state index contributed by atoms with van der Waals surface area (Å²) in [7, 11) is 0. The van der Waals surface area contributed by atoms with Gasteiger partial charge in [0.15, 0.2) is 11.6 Å². The van der Waals surface area contributed by atoms with Crippen molar-refractivity contribution >= 4 is 40.9 Å². The van der Waals surface area contributed by atoms with Crippen molar-refractivity contribution in [1.82, 2.24) is 4.98 Å². The van der Waals surface area contributed by atoms with E-state index in [-0.39, 0.29) is 17.4 Å². The number of aromatic nitrogens is 1. The summed E-state index contributed by atoms with van der Waals surface area (Å²) in [5, 5.41) is 3.02. The number of nitrogens with one attached hydrogen (secondary N) is 1. The molecule has 1 fully saturated rings. The van der Waals surface area contributed by atoms with Gasteiger partial charge in [-0.25, -0.2) is 0 Å². The van der Waals surface area contributed by atoms with Gasteiger partial charge in [0.1, 0.15) is 22.9 Å². The predicted octanol–water partition coefficient (Wildman–Crippen LogP) is 4.86. The predicted molar refractivity (Wildman–Crippen MR) is 156 cm³/mol. The van der Waals surface area contributed by atoms with E-state index in [1.165, 1.54) is 13.1 Å². The monoisotopic (exact) mass is 555 g/mol. The van der Waals surface area contributed by atoms with Gasteiger partial charge in [-0.2, -0.15) is 0 Å². The molecule has 0 saturated carbocycles. The van der Waals surface area contributed by atoms with Gasteiger partial charge in [-0.1, -0.05) is 54.6 Å². The number of hydrogen-bond donors (Lipinski definition) is 1. The SMILES string of the molecule is CC(=O)Oc1ccc(C(=O)C2C(C(=O)c3ccccn3)C3(C(=O)Nc4ccccc43)C3C=Cc4ccccc4N23)cc1. The summed E-state index contributed by atoms with van der Waals surface area (Å²) < 4.78 is 5.17. The molecule has 7 rings (SSSR count). The maximum Gasteiger partial charge on any atom is 0.308 e.